The van der Waals surface area contributed by atoms with Crippen LogP contribution < -0.4 is 20.1 Å². The van der Waals surface area contributed by atoms with Crippen molar-refractivity contribution in [3.63, 3.8) is 0 Å². The molecule has 4 rings (SSSR count). The van der Waals surface area contributed by atoms with Crippen LogP contribution in [0.25, 0.3) is 0 Å². The van der Waals surface area contributed by atoms with E-state index in [1.165, 1.54) is 22.9 Å². The zero-order chi connectivity index (χ0) is 19.7. The van der Waals surface area contributed by atoms with Crippen molar-refractivity contribution in [3.8, 4) is 11.5 Å². The van der Waals surface area contributed by atoms with Crippen LogP contribution in [0.4, 0.5) is 15.8 Å². The maximum atomic E-state index is 13.1. The number of hydrogen-bond acceptors (Lipinski definition) is 5. The molecule has 0 saturated heterocycles. The zero-order valence-electron chi connectivity index (χ0n) is 14.1. The molecule has 2 heterocycles. The number of carbonyl (C=O) groups excluding carboxylic acids is 1. The van der Waals surface area contributed by atoms with E-state index in [0.717, 1.165) is 6.07 Å². The van der Waals surface area contributed by atoms with Crippen molar-refractivity contribution in [2.24, 2.45) is 0 Å². The Hall–Kier alpha value is -3.17. The van der Waals surface area contributed by atoms with Gasteiger partial charge in [-0.3, -0.25) is 4.79 Å². The predicted molar refractivity (Wildman–Crippen MR) is 106 cm³/mol. The summed E-state index contributed by atoms with van der Waals surface area (Å²) in [5.41, 5.74) is 1.09. The van der Waals surface area contributed by atoms with Crippen molar-refractivity contribution < 1.29 is 18.7 Å². The number of rotatable bonds is 3. The highest BCUT2D eigenvalue weighted by Crippen LogP contribution is 2.34. The number of benzene rings is 2. The smallest absolute Gasteiger partial charge is 0.276 e. The van der Waals surface area contributed by atoms with E-state index < -0.39 is 11.7 Å². The van der Waals surface area contributed by atoms with E-state index in [1.807, 2.05) is 0 Å². The number of carbonyl (C=O) groups is 1. The monoisotopic (exact) mass is 418 g/mol. The molecule has 7 nitrogen and oxygen atoms in total. The summed E-state index contributed by atoms with van der Waals surface area (Å²) < 4.78 is 25.0. The van der Waals surface area contributed by atoms with E-state index in [-0.39, 0.29) is 28.3 Å². The molecule has 2 N–H and O–H groups in total. The van der Waals surface area contributed by atoms with Crippen LogP contribution in [0.1, 0.15) is 10.5 Å². The molecule has 0 unspecified atom stereocenters. The minimum atomic E-state index is -0.502. The molecule has 0 saturated carbocycles. The zero-order valence-corrected chi connectivity index (χ0v) is 15.7. The van der Waals surface area contributed by atoms with Crippen LogP contribution in [0.2, 0.25) is 5.02 Å². The number of ether oxygens (including phenoxy) is 2. The van der Waals surface area contributed by atoms with Gasteiger partial charge < -0.3 is 20.1 Å². The molecule has 1 aromatic heterocycles. The molecular weight excluding hydrogens is 407 g/mol. The third-order valence-electron chi connectivity index (χ3n) is 3.83. The average molecular weight is 419 g/mol. The van der Waals surface area contributed by atoms with Crippen LogP contribution in [0, 0.1) is 5.82 Å². The quantitative estimate of drug-likeness (QED) is 0.628. The van der Waals surface area contributed by atoms with Gasteiger partial charge >= 0.3 is 0 Å². The van der Waals surface area contributed by atoms with Crippen molar-refractivity contribution in [1.29, 1.82) is 0 Å². The Morgan fingerprint density at radius 1 is 1.14 bits per heavy atom. The summed E-state index contributed by atoms with van der Waals surface area (Å²) in [5, 5.41) is 10.1. The van der Waals surface area contributed by atoms with E-state index in [1.54, 1.807) is 24.4 Å². The van der Waals surface area contributed by atoms with Gasteiger partial charge in [0.15, 0.2) is 22.3 Å². The van der Waals surface area contributed by atoms with E-state index in [4.69, 9.17) is 33.3 Å². The third kappa shape index (κ3) is 3.75. The van der Waals surface area contributed by atoms with Crippen molar-refractivity contribution in [1.82, 2.24) is 9.78 Å². The second kappa shape index (κ2) is 7.45. The summed E-state index contributed by atoms with van der Waals surface area (Å²) >= 11 is 11.2. The summed E-state index contributed by atoms with van der Waals surface area (Å²) in [7, 11) is 0. The fourth-order valence-electron chi connectivity index (χ4n) is 2.49. The first kappa shape index (κ1) is 18.2. The Morgan fingerprint density at radius 3 is 2.79 bits per heavy atom. The molecule has 0 spiro atoms. The summed E-state index contributed by atoms with van der Waals surface area (Å²) in [6, 6.07) is 10.5. The van der Waals surface area contributed by atoms with Crippen LogP contribution >= 0.6 is 23.8 Å². The first-order chi connectivity index (χ1) is 13.5. The van der Waals surface area contributed by atoms with Gasteiger partial charge in [0, 0.05) is 18.0 Å². The standard InChI is InChI=1S/C18H12ClFN4O3S/c19-12-7-10(20)1-3-13(12)22-17(25)14-5-6-24(23-14)18(28)21-11-2-4-15-16(8-11)27-9-26-15/h1-8H,9H2,(H,21,28)(H,22,25). The maximum absolute atomic E-state index is 13.1. The highest BCUT2D eigenvalue weighted by molar-refractivity contribution is 7.80. The van der Waals surface area contributed by atoms with Gasteiger partial charge in [-0.05, 0) is 48.6 Å². The van der Waals surface area contributed by atoms with E-state index in [0.29, 0.717) is 17.2 Å². The van der Waals surface area contributed by atoms with Crippen molar-refractivity contribution in [2.45, 2.75) is 0 Å². The SMILES string of the molecule is O=C(Nc1ccc(F)cc1Cl)c1ccn(C(=S)Nc2ccc3c(c2)OCO3)n1. The Morgan fingerprint density at radius 2 is 1.96 bits per heavy atom. The third-order valence-corrected chi connectivity index (χ3v) is 4.43. The van der Waals surface area contributed by atoms with Gasteiger partial charge in [0.1, 0.15) is 5.82 Å². The topological polar surface area (TPSA) is 77.4 Å². The Kier molecular flexibility index (Phi) is 4.84. The van der Waals surface area contributed by atoms with Crippen LogP contribution in [0.15, 0.2) is 48.7 Å². The van der Waals surface area contributed by atoms with Crippen LogP contribution in [0.3, 0.4) is 0 Å². The molecule has 3 aromatic rings. The largest absolute Gasteiger partial charge is 0.454 e. The maximum Gasteiger partial charge on any atom is 0.276 e. The van der Waals surface area contributed by atoms with Gasteiger partial charge in [0.05, 0.1) is 10.7 Å². The minimum absolute atomic E-state index is 0.0905. The van der Waals surface area contributed by atoms with Gasteiger partial charge in [-0.25, -0.2) is 9.07 Å². The number of amides is 1. The highest BCUT2D eigenvalue weighted by Gasteiger charge is 2.16. The van der Waals surface area contributed by atoms with Crippen LogP contribution in [-0.2, 0) is 0 Å². The number of halogens is 2. The van der Waals surface area contributed by atoms with Gasteiger partial charge in [0.2, 0.25) is 6.79 Å². The highest BCUT2D eigenvalue weighted by atomic mass is 35.5. The molecule has 0 bridgehead atoms. The first-order valence-corrected chi connectivity index (χ1v) is 8.81. The molecule has 0 atom stereocenters. The minimum Gasteiger partial charge on any atom is -0.454 e. The number of aromatic nitrogens is 2. The molecule has 0 aliphatic carbocycles. The molecule has 1 amide bonds. The molecule has 2 aromatic carbocycles. The fourth-order valence-corrected chi connectivity index (χ4v) is 2.92. The molecule has 28 heavy (non-hydrogen) atoms. The lowest BCUT2D eigenvalue weighted by Gasteiger charge is -2.08. The molecule has 1 aliphatic rings. The summed E-state index contributed by atoms with van der Waals surface area (Å²) in [5.74, 6) is 0.281. The van der Waals surface area contributed by atoms with E-state index in [9.17, 15) is 9.18 Å². The first-order valence-electron chi connectivity index (χ1n) is 8.03. The molecule has 10 heteroatoms. The number of fused-ring (bicyclic) bond motifs is 1. The van der Waals surface area contributed by atoms with Crippen LogP contribution in [-0.4, -0.2) is 27.6 Å². The van der Waals surface area contributed by atoms with Crippen molar-refractivity contribution in [2.75, 3.05) is 17.4 Å². The predicted octanol–water partition coefficient (Wildman–Crippen LogP) is 3.90. The van der Waals surface area contributed by atoms with E-state index >= 15 is 0 Å². The average Bonchev–Trinajstić information content (AvgIpc) is 3.33. The number of hydrogen-bond donors (Lipinski definition) is 2. The van der Waals surface area contributed by atoms with E-state index in [2.05, 4.69) is 15.7 Å². The van der Waals surface area contributed by atoms with Gasteiger partial charge in [-0.2, -0.15) is 5.10 Å². The Labute approximate surface area is 169 Å². The van der Waals surface area contributed by atoms with Gasteiger partial charge in [-0.1, -0.05) is 11.6 Å². The summed E-state index contributed by atoms with van der Waals surface area (Å²) in [6.45, 7) is 0.179. The molecule has 0 fully saturated rings. The number of nitrogens with zero attached hydrogens (tertiary/aromatic N) is 2. The van der Waals surface area contributed by atoms with Crippen molar-refractivity contribution >= 4 is 46.2 Å². The lowest BCUT2D eigenvalue weighted by Crippen LogP contribution is -2.21. The van der Waals surface area contributed by atoms with Gasteiger partial charge in [-0.15, -0.1) is 0 Å². The fraction of sp³-hybridized carbons (Fsp3) is 0.0556. The second-order valence-corrected chi connectivity index (χ2v) is 6.52. The van der Waals surface area contributed by atoms with Crippen LogP contribution in [0.5, 0.6) is 11.5 Å². The molecule has 1 aliphatic heterocycles. The Balaban J connectivity index is 1.44. The number of nitrogens with one attached hydrogen (secondary N) is 2. The lowest BCUT2D eigenvalue weighted by molar-refractivity contribution is 0.102. The Bertz CT molecular complexity index is 1090. The second-order valence-electron chi connectivity index (χ2n) is 5.72. The summed E-state index contributed by atoms with van der Waals surface area (Å²) in [4.78, 5) is 12.3. The number of thiocarbonyl (C=S) groups is 1. The van der Waals surface area contributed by atoms with Gasteiger partial charge in [0.25, 0.3) is 5.91 Å². The normalized spacial score (nSPS) is 11.9. The molecule has 0 radical (unpaired) electrons. The molecule has 142 valence electrons. The number of anilines is 2. The summed E-state index contributed by atoms with van der Waals surface area (Å²) in [6.07, 6.45) is 1.55. The van der Waals surface area contributed by atoms with Crippen molar-refractivity contribution in [3.05, 3.63) is 65.2 Å². The molecular formula is C18H12ClFN4O3S. The lowest BCUT2D eigenvalue weighted by atomic mass is 10.3.